The SMILES string of the molecule is COc1cc(N2CCC(NCCNCC(=O)O)CC2)ccc1Nc1ncc(Cl)c(Nc2ccccc2P(C)(C)=O)n1. The summed E-state index contributed by atoms with van der Waals surface area (Å²) in [4.78, 5) is 21.8. The smallest absolute Gasteiger partial charge is 0.317 e. The number of rotatable bonds is 13. The molecule has 0 bridgehead atoms. The fourth-order valence-electron chi connectivity index (χ4n) is 4.69. The van der Waals surface area contributed by atoms with Gasteiger partial charge in [0.15, 0.2) is 5.82 Å². The van der Waals surface area contributed by atoms with E-state index in [0.717, 1.165) is 38.2 Å². The Hall–Kier alpha value is -3.37. The Morgan fingerprint density at radius 3 is 2.59 bits per heavy atom. The van der Waals surface area contributed by atoms with Gasteiger partial charge in [0.25, 0.3) is 0 Å². The molecule has 220 valence electrons. The molecule has 0 atom stereocenters. The summed E-state index contributed by atoms with van der Waals surface area (Å²) >= 11 is 6.40. The van der Waals surface area contributed by atoms with Crippen molar-refractivity contribution >= 4 is 58.8 Å². The molecule has 4 rings (SSSR count). The Balaban J connectivity index is 1.39. The second-order valence-corrected chi connectivity index (χ2v) is 13.8. The fraction of sp³-hybridized carbons (Fsp3) is 0.393. The number of anilines is 5. The topological polar surface area (TPSA) is 141 Å². The third-order valence-corrected chi connectivity index (χ3v) is 8.61. The molecule has 0 unspecified atom stereocenters. The molecule has 11 nitrogen and oxygen atoms in total. The number of hydrogen-bond acceptors (Lipinski definition) is 10. The Kier molecular flexibility index (Phi) is 10.4. The number of benzene rings is 2. The summed E-state index contributed by atoms with van der Waals surface area (Å²) in [6.45, 7) is 6.59. The van der Waals surface area contributed by atoms with E-state index in [1.807, 2.05) is 42.5 Å². The first kappa shape index (κ1) is 30.6. The highest BCUT2D eigenvalue weighted by atomic mass is 35.5. The van der Waals surface area contributed by atoms with E-state index in [-0.39, 0.29) is 6.54 Å². The molecule has 0 amide bonds. The van der Waals surface area contributed by atoms with Crippen LogP contribution in [-0.2, 0) is 9.36 Å². The number of ether oxygens (including phenoxy) is 1. The number of aromatic nitrogens is 2. The average Bonchev–Trinajstić information content (AvgIpc) is 2.95. The number of halogens is 1. The van der Waals surface area contributed by atoms with Crippen LogP contribution in [0.2, 0.25) is 5.02 Å². The molecule has 3 aromatic rings. The lowest BCUT2D eigenvalue weighted by Gasteiger charge is -2.34. The van der Waals surface area contributed by atoms with Gasteiger partial charge in [-0.15, -0.1) is 0 Å². The lowest BCUT2D eigenvalue weighted by molar-refractivity contribution is -0.135. The van der Waals surface area contributed by atoms with Crippen LogP contribution < -0.4 is 36.2 Å². The van der Waals surface area contributed by atoms with Gasteiger partial charge in [0, 0.05) is 49.3 Å². The van der Waals surface area contributed by atoms with Gasteiger partial charge in [0.05, 0.1) is 31.2 Å². The van der Waals surface area contributed by atoms with Crippen molar-refractivity contribution in [2.75, 3.05) is 68.7 Å². The molecule has 2 heterocycles. The van der Waals surface area contributed by atoms with Crippen LogP contribution in [0.1, 0.15) is 12.8 Å². The number of hydrogen-bond donors (Lipinski definition) is 5. The van der Waals surface area contributed by atoms with E-state index in [4.69, 9.17) is 21.4 Å². The van der Waals surface area contributed by atoms with Crippen LogP contribution in [0.5, 0.6) is 5.75 Å². The molecule has 1 fully saturated rings. The van der Waals surface area contributed by atoms with Crippen molar-refractivity contribution in [2.45, 2.75) is 18.9 Å². The minimum Gasteiger partial charge on any atom is -0.494 e. The highest BCUT2D eigenvalue weighted by Crippen LogP contribution is 2.39. The zero-order valence-electron chi connectivity index (χ0n) is 23.5. The van der Waals surface area contributed by atoms with Gasteiger partial charge in [-0.2, -0.15) is 4.98 Å². The first-order valence-corrected chi connectivity index (χ1v) is 16.4. The lowest BCUT2D eigenvalue weighted by atomic mass is 10.0. The summed E-state index contributed by atoms with van der Waals surface area (Å²) in [5.41, 5.74) is 2.46. The number of carbonyl (C=O) groups is 1. The van der Waals surface area contributed by atoms with Crippen molar-refractivity contribution in [3.05, 3.63) is 53.7 Å². The fourth-order valence-corrected chi connectivity index (χ4v) is 5.99. The standard InChI is InChI=1S/C28H37ClN7O4P/c1-40-24-16-20(36-14-10-19(11-15-36)31-13-12-30-18-26(37)38)8-9-22(24)34-28-32-17-21(29)27(35-28)33-23-6-4-5-7-25(23)41(2,3)39/h4-9,16-17,19,30-31H,10-15,18H2,1-3H3,(H,37,38)(H2,32,33,34,35). The van der Waals surface area contributed by atoms with Crippen molar-refractivity contribution < 1.29 is 19.2 Å². The molecule has 0 saturated carbocycles. The molecule has 0 radical (unpaired) electrons. The first-order valence-electron chi connectivity index (χ1n) is 13.4. The maximum atomic E-state index is 12.8. The van der Waals surface area contributed by atoms with E-state index in [1.165, 1.54) is 6.20 Å². The van der Waals surface area contributed by atoms with Crippen LogP contribution in [0.3, 0.4) is 0 Å². The van der Waals surface area contributed by atoms with Crippen LogP contribution in [0.25, 0.3) is 0 Å². The number of piperidine rings is 1. The van der Waals surface area contributed by atoms with Crippen LogP contribution >= 0.6 is 18.7 Å². The number of carboxylic acids is 1. The number of aliphatic carboxylic acids is 1. The van der Waals surface area contributed by atoms with Crippen molar-refractivity contribution in [1.29, 1.82) is 0 Å². The van der Waals surface area contributed by atoms with E-state index in [2.05, 4.69) is 36.1 Å². The molecule has 1 aromatic heterocycles. The van der Waals surface area contributed by atoms with E-state index in [9.17, 15) is 9.36 Å². The quantitative estimate of drug-likeness (QED) is 0.143. The summed E-state index contributed by atoms with van der Waals surface area (Å²) in [6.07, 6.45) is 3.50. The molecule has 13 heteroatoms. The van der Waals surface area contributed by atoms with E-state index < -0.39 is 13.1 Å². The van der Waals surface area contributed by atoms with Crippen LogP contribution in [0, 0.1) is 0 Å². The third kappa shape index (κ3) is 8.56. The molecular weight excluding hydrogens is 565 g/mol. The largest absolute Gasteiger partial charge is 0.494 e. The lowest BCUT2D eigenvalue weighted by Crippen LogP contribution is -2.44. The molecule has 5 N–H and O–H groups in total. The van der Waals surface area contributed by atoms with Gasteiger partial charge in [0.1, 0.15) is 17.9 Å². The highest BCUT2D eigenvalue weighted by molar-refractivity contribution is 7.70. The zero-order valence-corrected chi connectivity index (χ0v) is 25.1. The van der Waals surface area contributed by atoms with Crippen LogP contribution in [-0.4, -0.2) is 80.2 Å². The Bertz CT molecular complexity index is 1400. The minimum absolute atomic E-state index is 0.0222. The van der Waals surface area contributed by atoms with Crippen molar-refractivity contribution in [2.24, 2.45) is 0 Å². The number of nitrogens with one attached hydrogen (secondary N) is 4. The molecule has 1 saturated heterocycles. The number of para-hydroxylation sites is 1. The molecule has 0 aliphatic carbocycles. The molecular formula is C28H37ClN7O4P. The maximum Gasteiger partial charge on any atom is 0.317 e. The van der Waals surface area contributed by atoms with Crippen molar-refractivity contribution in [3.63, 3.8) is 0 Å². The second kappa shape index (κ2) is 14.0. The third-order valence-electron chi connectivity index (χ3n) is 6.78. The number of carboxylic acid groups (broad SMARTS) is 1. The predicted molar refractivity (Wildman–Crippen MR) is 166 cm³/mol. The summed E-state index contributed by atoms with van der Waals surface area (Å²) < 4.78 is 18.5. The van der Waals surface area contributed by atoms with Gasteiger partial charge >= 0.3 is 5.97 Å². The molecule has 41 heavy (non-hydrogen) atoms. The Morgan fingerprint density at radius 1 is 1.12 bits per heavy atom. The van der Waals surface area contributed by atoms with Crippen LogP contribution in [0.15, 0.2) is 48.7 Å². The van der Waals surface area contributed by atoms with Gasteiger partial charge in [-0.1, -0.05) is 23.7 Å². The Morgan fingerprint density at radius 2 is 1.88 bits per heavy atom. The monoisotopic (exact) mass is 601 g/mol. The van der Waals surface area contributed by atoms with Gasteiger partial charge in [-0.05, 0) is 50.4 Å². The van der Waals surface area contributed by atoms with Crippen molar-refractivity contribution in [3.8, 4) is 5.75 Å². The van der Waals surface area contributed by atoms with Crippen molar-refractivity contribution in [1.82, 2.24) is 20.6 Å². The minimum atomic E-state index is -2.53. The molecule has 1 aliphatic rings. The van der Waals surface area contributed by atoms with Crippen LogP contribution in [0.4, 0.5) is 28.8 Å². The summed E-state index contributed by atoms with van der Waals surface area (Å²) in [7, 11) is -0.901. The normalized spacial score (nSPS) is 14.1. The average molecular weight is 602 g/mol. The van der Waals surface area contributed by atoms with Gasteiger partial charge < -0.3 is 40.6 Å². The summed E-state index contributed by atoms with van der Waals surface area (Å²) in [5.74, 6) is 0.542. The van der Waals surface area contributed by atoms with E-state index in [0.29, 0.717) is 51.8 Å². The number of nitrogens with zero attached hydrogens (tertiary/aromatic N) is 3. The highest BCUT2D eigenvalue weighted by Gasteiger charge is 2.21. The molecule has 2 aromatic carbocycles. The predicted octanol–water partition coefficient (Wildman–Crippen LogP) is 4.11. The second-order valence-electron chi connectivity index (χ2n) is 10.2. The van der Waals surface area contributed by atoms with Gasteiger partial charge in [0.2, 0.25) is 5.95 Å². The first-order chi connectivity index (χ1) is 19.6. The Labute approximate surface area is 245 Å². The number of methoxy groups -OCH3 is 1. The van der Waals surface area contributed by atoms with Gasteiger partial charge in [-0.25, -0.2) is 4.98 Å². The molecule has 0 spiro atoms. The summed E-state index contributed by atoms with van der Waals surface area (Å²) in [5, 5.41) is 22.6. The maximum absolute atomic E-state index is 12.8. The summed E-state index contributed by atoms with van der Waals surface area (Å²) in [6, 6.07) is 13.8. The van der Waals surface area contributed by atoms with E-state index in [1.54, 1.807) is 20.4 Å². The molecule has 1 aliphatic heterocycles. The zero-order chi connectivity index (χ0) is 29.4. The van der Waals surface area contributed by atoms with Gasteiger partial charge in [-0.3, -0.25) is 4.79 Å². The van der Waals surface area contributed by atoms with E-state index >= 15 is 0 Å².